The Morgan fingerprint density at radius 2 is 1.73 bits per heavy atom. The van der Waals surface area contributed by atoms with E-state index < -0.39 is 9.84 Å². The van der Waals surface area contributed by atoms with Gasteiger partial charge in [0.05, 0.1) is 22.3 Å². The monoisotopic (exact) mass is 420 g/mol. The first-order valence-electron chi connectivity index (χ1n) is 9.22. The van der Waals surface area contributed by atoms with E-state index in [1.165, 1.54) is 12.1 Å². The summed E-state index contributed by atoms with van der Waals surface area (Å²) in [5.74, 6) is -0.0684. The third-order valence-electron chi connectivity index (χ3n) is 4.39. The molecule has 0 atom stereocenters. The van der Waals surface area contributed by atoms with Gasteiger partial charge in [-0.15, -0.1) is 0 Å². The molecular weight excluding hydrogens is 400 g/mol. The van der Waals surface area contributed by atoms with Gasteiger partial charge < -0.3 is 10.6 Å². The molecule has 30 heavy (non-hydrogen) atoms. The van der Waals surface area contributed by atoms with E-state index in [0.29, 0.717) is 24.2 Å². The second-order valence-corrected chi connectivity index (χ2v) is 8.68. The zero-order chi connectivity index (χ0) is 21.4. The number of aromatic nitrogens is 1. The third-order valence-corrected chi connectivity index (χ3v) is 6.12. The van der Waals surface area contributed by atoms with Gasteiger partial charge in [-0.05, 0) is 66.1 Å². The summed E-state index contributed by atoms with van der Waals surface area (Å²) in [4.78, 5) is 16.1. The molecule has 0 aliphatic rings. The molecule has 0 aliphatic carbocycles. The summed E-state index contributed by atoms with van der Waals surface area (Å²) in [5, 5.41) is 14.3. The molecule has 0 aliphatic heterocycles. The second kappa shape index (κ2) is 9.67. The summed E-state index contributed by atoms with van der Waals surface area (Å²) in [6, 6.07) is 18.2. The molecule has 0 fully saturated rings. The molecule has 0 unspecified atom stereocenters. The average molecular weight is 420 g/mol. The summed E-state index contributed by atoms with van der Waals surface area (Å²) in [7, 11) is -3.49. The Kier molecular flexibility index (Phi) is 6.78. The van der Waals surface area contributed by atoms with E-state index in [2.05, 4.69) is 15.6 Å². The fourth-order valence-electron chi connectivity index (χ4n) is 2.77. The van der Waals surface area contributed by atoms with Crippen LogP contribution in [0.5, 0.6) is 0 Å². The average Bonchev–Trinajstić information content (AvgIpc) is 2.77. The topological polar surface area (TPSA) is 112 Å². The zero-order valence-electron chi connectivity index (χ0n) is 16.1. The minimum absolute atomic E-state index is 0.0684. The lowest BCUT2D eigenvalue weighted by atomic mass is 10.1. The highest BCUT2D eigenvalue weighted by molar-refractivity contribution is 7.91. The number of anilines is 1. The molecule has 3 rings (SSSR count). The number of hydrogen-bond donors (Lipinski definition) is 2. The lowest BCUT2D eigenvalue weighted by Gasteiger charge is -2.09. The van der Waals surface area contributed by atoms with Gasteiger partial charge in [-0.25, -0.2) is 13.2 Å². The number of rotatable bonds is 7. The maximum Gasteiger partial charge on any atom is 0.319 e. The van der Waals surface area contributed by atoms with E-state index in [4.69, 9.17) is 5.26 Å². The molecule has 0 saturated carbocycles. The predicted molar refractivity (Wildman–Crippen MR) is 113 cm³/mol. The zero-order valence-corrected chi connectivity index (χ0v) is 16.9. The van der Waals surface area contributed by atoms with Crippen LogP contribution in [-0.2, 0) is 22.8 Å². The van der Waals surface area contributed by atoms with E-state index in [1.54, 1.807) is 60.9 Å². The van der Waals surface area contributed by atoms with Crippen LogP contribution in [0.3, 0.4) is 0 Å². The van der Waals surface area contributed by atoms with Crippen LogP contribution in [0.15, 0.2) is 78.0 Å². The molecule has 7 nitrogen and oxygen atoms in total. The molecule has 0 spiro atoms. The Morgan fingerprint density at radius 1 is 1.00 bits per heavy atom. The fraction of sp³-hybridized carbons (Fsp3) is 0.136. The molecule has 1 heterocycles. The van der Waals surface area contributed by atoms with Crippen molar-refractivity contribution >= 4 is 21.6 Å². The first-order valence-corrected chi connectivity index (χ1v) is 10.9. The highest BCUT2D eigenvalue weighted by Crippen LogP contribution is 2.17. The van der Waals surface area contributed by atoms with Crippen LogP contribution in [-0.4, -0.2) is 25.2 Å². The Labute approximate surface area is 175 Å². The molecule has 0 bridgehead atoms. The van der Waals surface area contributed by atoms with Crippen LogP contribution in [0.4, 0.5) is 10.5 Å². The van der Waals surface area contributed by atoms with Gasteiger partial charge in [0.1, 0.15) is 0 Å². The summed E-state index contributed by atoms with van der Waals surface area (Å²) in [5.41, 5.74) is 2.70. The fourth-order valence-corrected chi connectivity index (χ4v) is 4.06. The largest absolute Gasteiger partial charge is 0.334 e. The van der Waals surface area contributed by atoms with E-state index in [0.717, 1.165) is 11.1 Å². The third kappa shape index (κ3) is 5.90. The number of nitrogens with one attached hydrogen (secondary N) is 2. The number of pyridine rings is 1. The normalized spacial score (nSPS) is 10.8. The lowest BCUT2D eigenvalue weighted by molar-refractivity contribution is 0.251. The molecule has 0 saturated heterocycles. The first-order chi connectivity index (χ1) is 14.5. The van der Waals surface area contributed by atoms with E-state index in [9.17, 15) is 13.2 Å². The van der Waals surface area contributed by atoms with Crippen LogP contribution in [0.2, 0.25) is 0 Å². The van der Waals surface area contributed by atoms with Gasteiger partial charge >= 0.3 is 6.03 Å². The van der Waals surface area contributed by atoms with E-state index >= 15 is 0 Å². The number of urea groups is 1. The standard InChI is InChI=1S/C22H20N4O3S/c23-15-19-3-1-2-17(14-19)10-13-30(28,29)21-6-4-20(5-7-21)26-22(27)25-16-18-8-11-24-12-9-18/h1-9,11-12,14H,10,13,16H2,(H2,25,26,27). The molecule has 2 N–H and O–H groups in total. The number of aryl methyl sites for hydroxylation is 1. The smallest absolute Gasteiger partial charge is 0.319 e. The van der Waals surface area contributed by atoms with Crippen LogP contribution in [0.25, 0.3) is 0 Å². The van der Waals surface area contributed by atoms with Gasteiger partial charge in [-0.3, -0.25) is 4.98 Å². The van der Waals surface area contributed by atoms with Crippen LogP contribution < -0.4 is 10.6 Å². The first kappa shape index (κ1) is 21.0. The minimum atomic E-state index is -3.49. The van der Waals surface area contributed by atoms with Gasteiger partial charge in [0.2, 0.25) is 0 Å². The Morgan fingerprint density at radius 3 is 2.43 bits per heavy atom. The molecular formula is C22H20N4O3S. The van der Waals surface area contributed by atoms with Crippen molar-refractivity contribution in [3.05, 3.63) is 89.7 Å². The molecule has 2 amide bonds. The number of nitriles is 1. The summed E-state index contributed by atoms with van der Waals surface area (Å²) >= 11 is 0. The Bertz CT molecular complexity index is 1150. The van der Waals surface area contributed by atoms with Crippen molar-refractivity contribution in [3.8, 4) is 6.07 Å². The molecule has 8 heteroatoms. The van der Waals surface area contributed by atoms with Gasteiger partial charge in [-0.2, -0.15) is 5.26 Å². The van der Waals surface area contributed by atoms with Gasteiger partial charge in [0, 0.05) is 24.6 Å². The summed E-state index contributed by atoms with van der Waals surface area (Å²) < 4.78 is 25.2. The van der Waals surface area contributed by atoms with Gasteiger partial charge in [0.15, 0.2) is 9.84 Å². The van der Waals surface area contributed by atoms with Crippen molar-refractivity contribution in [3.63, 3.8) is 0 Å². The summed E-state index contributed by atoms with van der Waals surface area (Å²) in [6.45, 7) is 0.355. The van der Waals surface area contributed by atoms with Crippen molar-refractivity contribution in [2.24, 2.45) is 0 Å². The van der Waals surface area contributed by atoms with Crippen LogP contribution in [0.1, 0.15) is 16.7 Å². The number of amides is 2. The SMILES string of the molecule is N#Cc1cccc(CCS(=O)(=O)c2ccc(NC(=O)NCc3ccncc3)cc2)c1. The van der Waals surface area contributed by atoms with Crippen molar-refractivity contribution in [1.29, 1.82) is 5.26 Å². The number of nitrogens with zero attached hydrogens (tertiary/aromatic N) is 2. The van der Waals surface area contributed by atoms with Crippen molar-refractivity contribution in [1.82, 2.24) is 10.3 Å². The maximum atomic E-state index is 12.6. The number of carbonyl (C=O) groups is 1. The Balaban J connectivity index is 1.55. The number of sulfone groups is 1. The quantitative estimate of drug-likeness (QED) is 0.609. The molecule has 3 aromatic rings. The lowest BCUT2D eigenvalue weighted by Crippen LogP contribution is -2.28. The molecule has 0 radical (unpaired) electrons. The molecule has 152 valence electrons. The minimum Gasteiger partial charge on any atom is -0.334 e. The molecule has 1 aromatic heterocycles. The molecule has 2 aromatic carbocycles. The van der Waals surface area contributed by atoms with Gasteiger partial charge in [0.25, 0.3) is 0 Å². The second-order valence-electron chi connectivity index (χ2n) is 6.57. The van der Waals surface area contributed by atoms with Crippen LogP contribution in [0, 0.1) is 11.3 Å². The Hall–Kier alpha value is -3.70. The number of benzene rings is 2. The highest BCUT2D eigenvalue weighted by Gasteiger charge is 2.15. The van der Waals surface area contributed by atoms with Crippen LogP contribution >= 0.6 is 0 Å². The van der Waals surface area contributed by atoms with Crippen molar-refractivity contribution in [2.45, 2.75) is 17.9 Å². The predicted octanol–water partition coefficient (Wildman–Crippen LogP) is 3.29. The number of carbonyl (C=O) groups excluding carboxylic acids is 1. The van der Waals surface area contributed by atoms with E-state index in [-0.39, 0.29) is 16.7 Å². The number of hydrogen-bond acceptors (Lipinski definition) is 5. The van der Waals surface area contributed by atoms with Gasteiger partial charge in [-0.1, -0.05) is 12.1 Å². The van der Waals surface area contributed by atoms with Crippen molar-refractivity contribution in [2.75, 3.05) is 11.1 Å². The van der Waals surface area contributed by atoms with E-state index in [1.807, 2.05) is 6.07 Å². The maximum absolute atomic E-state index is 12.6. The summed E-state index contributed by atoms with van der Waals surface area (Å²) in [6.07, 6.45) is 3.61. The van der Waals surface area contributed by atoms with Crippen molar-refractivity contribution < 1.29 is 13.2 Å². The highest BCUT2D eigenvalue weighted by atomic mass is 32.2.